The second kappa shape index (κ2) is 6.05. The Hall–Kier alpha value is -3.02. The van der Waals surface area contributed by atoms with Crippen LogP contribution in [0.5, 0.6) is 0 Å². The highest BCUT2D eigenvalue weighted by Crippen LogP contribution is 2.40. The summed E-state index contributed by atoms with van der Waals surface area (Å²) in [6, 6.07) is 10.2. The third-order valence-electron chi connectivity index (χ3n) is 4.71. The van der Waals surface area contributed by atoms with E-state index in [1.807, 2.05) is 32.9 Å². The van der Waals surface area contributed by atoms with E-state index in [0.29, 0.717) is 18.2 Å². The molecule has 1 N–H and O–H groups in total. The van der Waals surface area contributed by atoms with E-state index in [-0.39, 0.29) is 11.8 Å². The van der Waals surface area contributed by atoms with E-state index in [4.69, 9.17) is 0 Å². The first kappa shape index (κ1) is 16.4. The van der Waals surface area contributed by atoms with Crippen LogP contribution in [0, 0.1) is 27.7 Å². The summed E-state index contributed by atoms with van der Waals surface area (Å²) in [6.45, 7) is 7.88. The Kier molecular flexibility index (Phi) is 3.83. The Morgan fingerprint density at radius 1 is 1.08 bits per heavy atom. The maximum Gasteiger partial charge on any atom is 0.252 e. The first-order chi connectivity index (χ1) is 12.4. The number of rotatable bonds is 2. The molecule has 4 rings (SSSR count). The minimum absolute atomic E-state index is 0.0155. The monoisotopic (exact) mass is 347 g/mol. The number of hydrogen-bond donors (Lipinski definition) is 1. The highest BCUT2D eigenvalue weighted by atomic mass is 16.1. The molecule has 3 heterocycles. The van der Waals surface area contributed by atoms with Crippen molar-refractivity contribution in [3.05, 3.63) is 64.1 Å². The molecule has 0 saturated carbocycles. The molecule has 0 saturated heterocycles. The maximum absolute atomic E-state index is 12.4. The lowest BCUT2D eigenvalue weighted by atomic mass is 9.85. The smallest absolute Gasteiger partial charge is 0.252 e. The van der Waals surface area contributed by atoms with Crippen molar-refractivity contribution in [3.8, 4) is 5.95 Å². The highest BCUT2D eigenvalue weighted by Gasteiger charge is 2.33. The van der Waals surface area contributed by atoms with Crippen LogP contribution in [0.2, 0.25) is 0 Å². The van der Waals surface area contributed by atoms with Crippen LogP contribution in [0.1, 0.15) is 46.1 Å². The molecular weight excluding hydrogens is 326 g/mol. The lowest BCUT2D eigenvalue weighted by Crippen LogP contribution is -2.25. The van der Waals surface area contributed by atoms with Crippen LogP contribution in [0.4, 0.5) is 5.82 Å². The molecule has 6 heteroatoms. The van der Waals surface area contributed by atoms with Gasteiger partial charge < -0.3 is 5.32 Å². The minimum Gasteiger partial charge on any atom is -0.310 e. The summed E-state index contributed by atoms with van der Waals surface area (Å²) in [5.41, 5.74) is 5.97. The van der Waals surface area contributed by atoms with E-state index in [0.717, 1.165) is 28.2 Å². The third kappa shape index (κ3) is 2.77. The summed E-state index contributed by atoms with van der Waals surface area (Å²) in [5.74, 6) is 1.13. The molecule has 1 aromatic carbocycles. The molecule has 1 atom stereocenters. The van der Waals surface area contributed by atoms with Crippen LogP contribution in [-0.2, 0) is 4.79 Å². The normalized spacial score (nSPS) is 16.3. The molecule has 2 aromatic heterocycles. The van der Waals surface area contributed by atoms with Crippen molar-refractivity contribution in [1.82, 2.24) is 19.7 Å². The van der Waals surface area contributed by atoms with Crippen molar-refractivity contribution in [2.24, 2.45) is 0 Å². The standard InChI is InChI=1S/C20H21N5O/c1-11-6-5-7-15(8-11)16-10-17(26)23-19-18(16)14(4)24-25(19)20-21-12(2)9-13(3)22-20/h5-9,16H,10H2,1-4H3,(H,23,26). The van der Waals surface area contributed by atoms with Crippen molar-refractivity contribution < 1.29 is 4.79 Å². The number of aryl methyl sites for hydroxylation is 4. The fourth-order valence-electron chi connectivity index (χ4n) is 3.67. The number of benzene rings is 1. The quantitative estimate of drug-likeness (QED) is 0.771. The Bertz CT molecular complexity index is 1000. The highest BCUT2D eigenvalue weighted by molar-refractivity contribution is 5.95. The summed E-state index contributed by atoms with van der Waals surface area (Å²) < 4.78 is 1.66. The second-order valence-electron chi connectivity index (χ2n) is 6.93. The SMILES string of the molecule is Cc1cccc(C2CC(=O)Nc3c2c(C)nn3-c2nc(C)cc(C)n2)c1. The van der Waals surface area contributed by atoms with Crippen molar-refractivity contribution in [2.45, 2.75) is 40.0 Å². The number of anilines is 1. The average molecular weight is 347 g/mol. The Morgan fingerprint density at radius 3 is 2.50 bits per heavy atom. The lowest BCUT2D eigenvalue weighted by molar-refractivity contribution is -0.116. The number of amides is 1. The third-order valence-corrected chi connectivity index (χ3v) is 4.71. The average Bonchev–Trinajstić information content (AvgIpc) is 2.90. The second-order valence-corrected chi connectivity index (χ2v) is 6.93. The van der Waals surface area contributed by atoms with Gasteiger partial charge in [0, 0.05) is 29.3 Å². The van der Waals surface area contributed by atoms with Gasteiger partial charge in [0.2, 0.25) is 5.91 Å². The van der Waals surface area contributed by atoms with Gasteiger partial charge in [0.15, 0.2) is 0 Å². The van der Waals surface area contributed by atoms with E-state index in [1.165, 1.54) is 5.56 Å². The topological polar surface area (TPSA) is 72.7 Å². The zero-order valence-electron chi connectivity index (χ0n) is 15.4. The number of nitrogens with one attached hydrogen (secondary N) is 1. The molecule has 1 aliphatic rings. The Balaban J connectivity index is 1.90. The molecule has 1 amide bonds. The van der Waals surface area contributed by atoms with Gasteiger partial charge in [0.05, 0.1) is 5.69 Å². The van der Waals surface area contributed by atoms with Gasteiger partial charge in [-0.3, -0.25) is 4.79 Å². The first-order valence-electron chi connectivity index (χ1n) is 8.71. The lowest BCUT2D eigenvalue weighted by Gasteiger charge is -2.24. The van der Waals surface area contributed by atoms with Crippen LogP contribution < -0.4 is 5.32 Å². The van der Waals surface area contributed by atoms with Gasteiger partial charge in [-0.1, -0.05) is 29.8 Å². The van der Waals surface area contributed by atoms with Crippen molar-refractivity contribution in [1.29, 1.82) is 0 Å². The first-order valence-corrected chi connectivity index (χ1v) is 8.71. The van der Waals surface area contributed by atoms with E-state index >= 15 is 0 Å². The fourth-order valence-corrected chi connectivity index (χ4v) is 3.67. The minimum atomic E-state index is -0.0190. The summed E-state index contributed by atoms with van der Waals surface area (Å²) in [4.78, 5) is 21.4. The molecule has 1 aliphatic heterocycles. The molecule has 1 unspecified atom stereocenters. The molecular formula is C20H21N5O. The molecule has 26 heavy (non-hydrogen) atoms. The molecule has 0 spiro atoms. The Labute approximate surface area is 152 Å². The van der Waals surface area contributed by atoms with Gasteiger partial charge in [0.1, 0.15) is 5.82 Å². The zero-order valence-corrected chi connectivity index (χ0v) is 15.4. The number of hydrogen-bond acceptors (Lipinski definition) is 4. The summed E-state index contributed by atoms with van der Waals surface area (Å²) in [6.07, 6.45) is 0.413. The Morgan fingerprint density at radius 2 is 1.81 bits per heavy atom. The molecule has 0 bridgehead atoms. The van der Waals surface area contributed by atoms with Gasteiger partial charge in [-0.25, -0.2) is 9.97 Å². The zero-order chi connectivity index (χ0) is 18.4. The molecule has 0 fully saturated rings. The van der Waals surface area contributed by atoms with Gasteiger partial charge in [0.25, 0.3) is 5.95 Å². The summed E-state index contributed by atoms with van der Waals surface area (Å²) in [5, 5.41) is 7.64. The summed E-state index contributed by atoms with van der Waals surface area (Å²) in [7, 11) is 0. The molecule has 6 nitrogen and oxygen atoms in total. The predicted molar refractivity (Wildman–Crippen MR) is 99.6 cm³/mol. The number of carbonyl (C=O) groups excluding carboxylic acids is 1. The molecule has 0 radical (unpaired) electrons. The number of carbonyl (C=O) groups is 1. The van der Waals surface area contributed by atoms with Crippen molar-refractivity contribution >= 4 is 11.7 Å². The maximum atomic E-state index is 12.4. The predicted octanol–water partition coefficient (Wildman–Crippen LogP) is 3.37. The van der Waals surface area contributed by atoms with Crippen LogP contribution in [-0.4, -0.2) is 25.7 Å². The molecule has 0 aliphatic carbocycles. The number of aromatic nitrogens is 4. The fraction of sp³-hybridized carbons (Fsp3) is 0.300. The summed E-state index contributed by atoms with van der Waals surface area (Å²) >= 11 is 0. The van der Waals surface area contributed by atoms with Crippen LogP contribution in [0.25, 0.3) is 5.95 Å². The van der Waals surface area contributed by atoms with Crippen LogP contribution >= 0.6 is 0 Å². The van der Waals surface area contributed by atoms with E-state index < -0.39 is 0 Å². The van der Waals surface area contributed by atoms with E-state index in [9.17, 15) is 4.79 Å². The van der Waals surface area contributed by atoms with Crippen LogP contribution in [0.15, 0.2) is 30.3 Å². The van der Waals surface area contributed by atoms with Gasteiger partial charge in [-0.2, -0.15) is 9.78 Å². The van der Waals surface area contributed by atoms with E-state index in [2.05, 4.69) is 45.5 Å². The van der Waals surface area contributed by atoms with Gasteiger partial charge >= 0.3 is 0 Å². The largest absolute Gasteiger partial charge is 0.310 e. The van der Waals surface area contributed by atoms with Crippen LogP contribution in [0.3, 0.4) is 0 Å². The van der Waals surface area contributed by atoms with Gasteiger partial charge in [-0.05, 0) is 39.3 Å². The van der Waals surface area contributed by atoms with Gasteiger partial charge in [-0.15, -0.1) is 0 Å². The number of nitrogens with zero attached hydrogens (tertiary/aromatic N) is 4. The molecule has 3 aromatic rings. The van der Waals surface area contributed by atoms with E-state index in [1.54, 1.807) is 4.68 Å². The van der Waals surface area contributed by atoms with Crippen molar-refractivity contribution in [2.75, 3.05) is 5.32 Å². The number of fused-ring (bicyclic) bond motifs is 1. The van der Waals surface area contributed by atoms with Crippen molar-refractivity contribution in [3.63, 3.8) is 0 Å². The molecule has 132 valence electrons.